The third-order valence-electron chi connectivity index (χ3n) is 3.08. The Kier molecular flexibility index (Phi) is 3.79. The molecular formula is C16H14ClN3O. The molecule has 3 aromatic rings. The lowest BCUT2D eigenvalue weighted by Gasteiger charge is -2.10. The summed E-state index contributed by atoms with van der Waals surface area (Å²) in [5, 5.41) is 7.55. The highest BCUT2D eigenvalue weighted by molar-refractivity contribution is 6.30. The predicted molar refractivity (Wildman–Crippen MR) is 84.2 cm³/mol. The van der Waals surface area contributed by atoms with Crippen LogP contribution in [0, 0.1) is 0 Å². The molecule has 1 aromatic heterocycles. The van der Waals surface area contributed by atoms with E-state index in [0.29, 0.717) is 17.4 Å². The molecule has 0 radical (unpaired) electrons. The fraction of sp³-hybridized carbons (Fsp3) is 0.0625. The number of aromatic amines is 1. The van der Waals surface area contributed by atoms with E-state index in [2.05, 4.69) is 10.2 Å². The van der Waals surface area contributed by atoms with Gasteiger partial charge in [-0.05, 0) is 29.8 Å². The highest BCUT2D eigenvalue weighted by atomic mass is 35.5. The van der Waals surface area contributed by atoms with Crippen molar-refractivity contribution in [3.63, 3.8) is 0 Å². The van der Waals surface area contributed by atoms with E-state index < -0.39 is 0 Å². The summed E-state index contributed by atoms with van der Waals surface area (Å²) in [6, 6.07) is 17.1. The zero-order chi connectivity index (χ0) is 14.7. The number of rotatable bonds is 4. The molecule has 106 valence electrons. The molecule has 0 aliphatic heterocycles. The molecule has 5 heteroatoms. The zero-order valence-corrected chi connectivity index (χ0v) is 12.0. The van der Waals surface area contributed by atoms with E-state index in [1.807, 2.05) is 48.5 Å². The summed E-state index contributed by atoms with van der Waals surface area (Å²) in [6.07, 6.45) is 0. The van der Waals surface area contributed by atoms with Gasteiger partial charge in [-0.1, -0.05) is 35.9 Å². The molecule has 1 heterocycles. The van der Waals surface area contributed by atoms with E-state index in [-0.39, 0.29) is 0 Å². The summed E-state index contributed by atoms with van der Waals surface area (Å²) in [7, 11) is 0. The van der Waals surface area contributed by atoms with Gasteiger partial charge in [-0.15, -0.1) is 0 Å². The Hall–Kier alpha value is -2.46. The summed E-state index contributed by atoms with van der Waals surface area (Å²) in [5.41, 5.74) is 8.46. The number of aromatic nitrogens is 2. The zero-order valence-electron chi connectivity index (χ0n) is 11.2. The van der Waals surface area contributed by atoms with Crippen molar-refractivity contribution >= 4 is 17.4 Å². The first-order valence-corrected chi connectivity index (χ1v) is 6.88. The Labute approximate surface area is 127 Å². The van der Waals surface area contributed by atoms with Gasteiger partial charge in [0.15, 0.2) is 0 Å². The molecule has 0 aliphatic rings. The number of para-hydroxylation sites is 1. The molecule has 0 unspecified atom stereocenters. The molecule has 0 atom stereocenters. The number of nitrogens with zero attached hydrogens (tertiary/aromatic N) is 1. The maximum absolute atomic E-state index is 5.90. The lowest BCUT2D eigenvalue weighted by molar-refractivity contribution is 0.307. The molecule has 4 nitrogen and oxygen atoms in total. The number of anilines is 1. The minimum atomic E-state index is 0.456. The van der Waals surface area contributed by atoms with Gasteiger partial charge >= 0.3 is 0 Å². The van der Waals surface area contributed by atoms with Crippen molar-refractivity contribution in [1.29, 1.82) is 0 Å². The Bertz CT molecular complexity index is 737. The second-order valence-corrected chi connectivity index (χ2v) is 5.05. The summed E-state index contributed by atoms with van der Waals surface area (Å²) in [4.78, 5) is 0. The number of nitrogens with two attached hydrogens (primary N) is 1. The van der Waals surface area contributed by atoms with E-state index in [1.165, 1.54) is 0 Å². The third-order valence-corrected chi connectivity index (χ3v) is 3.33. The van der Waals surface area contributed by atoms with Crippen LogP contribution < -0.4 is 10.5 Å². The van der Waals surface area contributed by atoms with Crippen LogP contribution in [0.5, 0.6) is 5.75 Å². The van der Waals surface area contributed by atoms with E-state index in [4.69, 9.17) is 22.1 Å². The van der Waals surface area contributed by atoms with Crippen molar-refractivity contribution < 1.29 is 4.74 Å². The van der Waals surface area contributed by atoms with Gasteiger partial charge in [-0.25, -0.2) is 0 Å². The van der Waals surface area contributed by atoms with Gasteiger partial charge in [0, 0.05) is 16.7 Å². The van der Waals surface area contributed by atoms with Crippen LogP contribution in [0.1, 0.15) is 5.56 Å². The van der Waals surface area contributed by atoms with Crippen LogP contribution in [0.15, 0.2) is 54.6 Å². The summed E-state index contributed by atoms with van der Waals surface area (Å²) < 4.78 is 5.90. The quantitative estimate of drug-likeness (QED) is 0.768. The Balaban J connectivity index is 1.81. The molecule has 0 fully saturated rings. The van der Waals surface area contributed by atoms with Gasteiger partial charge in [0.05, 0.1) is 5.69 Å². The van der Waals surface area contributed by atoms with Crippen molar-refractivity contribution in [1.82, 2.24) is 10.2 Å². The van der Waals surface area contributed by atoms with Gasteiger partial charge in [0.2, 0.25) is 0 Å². The Morgan fingerprint density at radius 2 is 1.86 bits per heavy atom. The predicted octanol–water partition coefficient (Wildman–Crippen LogP) is 3.89. The fourth-order valence-corrected chi connectivity index (χ4v) is 2.16. The van der Waals surface area contributed by atoms with Gasteiger partial charge in [-0.3, -0.25) is 5.10 Å². The third kappa shape index (κ3) is 3.17. The van der Waals surface area contributed by atoms with Gasteiger partial charge in [-0.2, -0.15) is 5.10 Å². The van der Waals surface area contributed by atoms with E-state index in [0.717, 1.165) is 22.6 Å². The van der Waals surface area contributed by atoms with Gasteiger partial charge < -0.3 is 10.5 Å². The average Bonchev–Trinajstić information content (AvgIpc) is 2.93. The van der Waals surface area contributed by atoms with Crippen LogP contribution >= 0.6 is 11.6 Å². The number of H-pyrrole nitrogens is 1. The normalized spacial score (nSPS) is 10.5. The summed E-state index contributed by atoms with van der Waals surface area (Å²) in [6.45, 7) is 0.470. The van der Waals surface area contributed by atoms with E-state index in [1.54, 1.807) is 6.07 Å². The second kappa shape index (κ2) is 5.89. The molecular weight excluding hydrogens is 286 g/mol. The number of halogens is 1. The lowest BCUT2D eigenvalue weighted by Crippen LogP contribution is -1.96. The molecule has 21 heavy (non-hydrogen) atoms. The van der Waals surface area contributed by atoms with Crippen LogP contribution in [0.2, 0.25) is 5.02 Å². The maximum atomic E-state index is 5.90. The SMILES string of the molecule is Nc1cc(-c2ccccc2OCc2ccc(Cl)cc2)[nH]n1. The van der Waals surface area contributed by atoms with Crippen molar-refractivity contribution in [2.45, 2.75) is 6.61 Å². The minimum Gasteiger partial charge on any atom is -0.488 e. The molecule has 0 amide bonds. The van der Waals surface area contributed by atoms with Crippen LogP contribution in [-0.4, -0.2) is 10.2 Å². The van der Waals surface area contributed by atoms with Crippen molar-refractivity contribution in [3.8, 4) is 17.0 Å². The summed E-state index contributed by atoms with van der Waals surface area (Å²) >= 11 is 5.87. The lowest BCUT2D eigenvalue weighted by atomic mass is 10.1. The molecule has 3 rings (SSSR count). The molecule has 0 aliphatic carbocycles. The first-order chi connectivity index (χ1) is 10.2. The van der Waals surface area contributed by atoms with E-state index >= 15 is 0 Å². The number of benzene rings is 2. The fourth-order valence-electron chi connectivity index (χ4n) is 2.03. The molecule has 0 bridgehead atoms. The number of ether oxygens (including phenoxy) is 1. The smallest absolute Gasteiger partial charge is 0.145 e. The largest absolute Gasteiger partial charge is 0.488 e. The molecule has 3 N–H and O–H groups in total. The van der Waals surface area contributed by atoms with Crippen LogP contribution in [0.25, 0.3) is 11.3 Å². The second-order valence-electron chi connectivity index (χ2n) is 4.62. The van der Waals surface area contributed by atoms with Crippen LogP contribution in [0.3, 0.4) is 0 Å². The van der Waals surface area contributed by atoms with Crippen molar-refractivity contribution in [2.75, 3.05) is 5.73 Å². The first kappa shape index (κ1) is 13.5. The minimum absolute atomic E-state index is 0.456. The number of hydrogen-bond donors (Lipinski definition) is 2. The monoisotopic (exact) mass is 299 g/mol. The average molecular weight is 300 g/mol. The summed E-state index contributed by atoms with van der Waals surface area (Å²) in [5.74, 6) is 1.23. The standard InChI is InChI=1S/C16H14ClN3O/c17-12-7-5-11(6-8-12)10-21-15-4-2-1-3-13(15)14-9-16(18)20-19-14/h1-9H,10H2,(H3,18,19,20). The highest BCUT2D eigenvalue weighted by Gasteiger charge is 2.08. The Morgan fingerprint density at radius 1 is 1.10 bits per heavy atom. The Morgan fingerprint density at radius 3 is 2.57 bits per heavy atom. The van der Waals surface area contributed by atoms with Crippen molar-refractivity contribution in [2.24, 2.45) is 0 Å². The molecule has 2 aromatic carbocycles. The van der Waals surface area contributed by atoms with Crippen LogP contribution in [0.4, 0.5) is 5.82 Å². The van der Waals surface area contributed by atoms with Gasteiger partial charge in [0.1, 0.15) is 18.2 Å². The maximum Gasteiger partial charge on any atom is 0.145 e. The van der Waals surface area contributed by atoms with Crippen molar-refractivity contribution in [3.05, 3.63) is 65.2 Å². The molecule has 0 spiro atoms. The topological polar surface area (TPSA) is 63.9 Å². The van der Waals surface area contributed by atoms with E-state index in [9.17, 15) is 0 Å². The van der Waals surface area contributed by atoms with Crippen LogP contribution in [-0.2, 0) is 6.61 Å². The number of hydrogen-bond acceptors (Lipinski definition) is 3. The number of nitrogen functional groups attached to an aromatic ring is 1. The number of nitrogens with one attached hydrogen (secondary N) is 1. The van der Waals surface area contributed by atoms with Gasteiger partial charge in [0.25, 0.3) is 0 Å². The molecule has 0 saturated carbocycles. The first-order valence-electron chi connectivity index (χ1n) is 6.50. The highest BCUT2D eigenvalue weighted by Crippen LogP contribution is 2.29. The molecule has 0 saturated heterocycles.